The maximum atomic E-state index is 13.1. The summed E-state index contributed by atoms with van der Waals surface area (Å²) in [6, 6.07) is 16.6. The molecule has 0 fully saturated rings. The van der Waals surface area contributed by atoms with Crippen LogP contribution in [0.2, 0.25) is 10.0 Å². The van der Waals surface area contributed by atoms with Gasteiger partial charge in [-0.1, -0.05) is 41.4 Å². The number of anilines is 1. The van der Waals surface area contributed by atoms with Crippen LogP contribution >= 0.6 is 23.2 Å². The van der Waals surface area contributed by atoms with Gasteiger partial charge in [0, 0.05) is 27.9 Å². The van der Waals surface area contributed by atoms with Crippen molar-refractivity contribution >= 4 is 67.6 Å². The largest absolute Gasteiger partial charge is 0.495 e. The van der Waals surface area contributed by atoms with Crippen molar-refractivity contribution in [3.8, 4) is 11.5 Å². The summed E-state index contributed by atoms with van der Waals surface area (Å²) in [4.78, 5) is 17.6. The number of benzene rings is 3. The van der Waals surface area contributed by atoms with Gasteiger partial charge in [0.1, 0.15) is 22.4 Å². The maximum Gasteiger partial charge on any atom is 0.265 e. The number of carbonyl (C=O) groups is 1. The molecule has 2 heterocycles. The fourth-order valence-corrected chi connectivity index (χ4v) is 4.45. The molecular weight excluding hydrogens is 475 g/mol. The van der Waals surface area contributed by atoms with Crippen molar-refractivity contribution in [3.63, 3.8) is 0 Å². The number of aromatic nitrogens is 1. The fourth-order valence-electron chi connectivity index (χ4n) is 3.89. The predicted molar refractivity (Wildman–Crippen MR) is 135 cm³/mol. The van der Waals surface area contributed by atoms with Crippen molar-refractivity contribution in [1.29, 1.82) is 0 Å². The first-order valence-corrected chi connectivity index (χ1v) is 11.3. The molecule has 0 aliphatic carbocycles. The van der Waals surface area contributed by atoms with Gasteiger partial charge in [-0.25, -0.2) is 4.98 Å². The molecular formula is C26H20Cl2N2O4. The molecule has 5 aromatic rings. The zero-order valence-electron chi connectivity index (χ0n) is 18.6. The fraction of sp³-hybridized carbons (Fsp3) is 0.154. The van der Waals surface area contributed by atoms with Crippen molar-refractivity contribution < 1.29 is 18.7 Å². The lowest BCUT2D eigenvalue weighted by Gasteiger charge is -2.18. The van der Waals surface area contributed by atoms with Crippen LogP contribution in [0.4, 0.5) is 5.69 Å². The van der Waals surface area contributed by atoms with Gasteiger partial charge in [-0.15, -0.1) is 0 Å². The molecule has 0 bridgehead atoms. The van der Waals surface area contributed by atoms with Crippen LogP contribution < -0.4 is 14.8 Å². The molecule has 2 aromatic heterocycles. The zero-order valence-corrected chi connectivity index (χ0v) is 20.1. The average molecular weight is 495 g/mol. The van der Waals surface area contributed by atoms with E-state index in [9.17, 15) is 4.79 Å². The summed E-state index contributed by atoms with van der Waals surface area (Å²) in [5.74, 6) is 0.416. The van der Waals surface area contributed by atoms with E-state index in [2.05, 4.69) is 10.3 Å². The van der Waals surface area contributed by atoms with E-state index in [1.807, 2.05) is 49.4 Å². The normalized spacial score (nSPS) is 12.3. The van der Waals surface area contributed by atoms with Gasteiger partial charge in [0.2, 0.25) is 0 Å². The van der Waals surface area contributed by atoms with Gasteiger partial charge in [-0.05, 0) is 44.2 Å². The minimum atomic E-state index is -0.889. The number of halogens is 2. The number of pyridine rings is 1. The summed E-state index contributed by atoms with van der Waals surface area (Å²) in [7, 11) is 1.55. The Kier molecular flexibility index (Phi) is 5.71. The van der Waals surface area contributed by atoms with Gasteiger partial charge < -0.3 is 19.2 Å². The van der Waals surface area contributed by atoms with Gasteiger partial charge in [-0.3, -0.25) is 4.79 Å². The molecule has 1 N–H and O–H groups in total. The van der Waals surface area contributed by atoms with Gasteiger partial charge in [0.25, 0.3) is 5.91 Å². The number of carbonyl (C=O) groups excluding carboxylic acids is 1. The number of hydrogen-bond acceptors (Lipinski definition) is 5. The SMILES string of the molecule is COc1cc2c(cc1NC(=O)C(C)Oc1c(Cl)cc(Cl)c3ccc(C)nc13)oc1ccccc12. The summed E-state index contributed by atoms with van der Waals surface area (Å²) in [6.07, 6.45) is -0.889. The van der Waals surface area contributed by atoms with E-state index in [1.54, 1.807) is 26.2 Å². The number of rotatable bonds is 5. The van der Waals surface area contributed by atoms with E-state index in [0.717, 1.165) is 22.0 Å². The van der Waals surface area contributed by atoms with Crippen molar-refractivity contribution in [1.82, 2.24) is 4.98 Å². The minimum absolute atomic E-state index is 0.275. The molecule has 0 aliphatic rings. The zero-order chi connectivity index (χ0) is 24.0. The Morgan fingerprint density at radius 3 is 2.59 bits per heavy atom. The van der Waals surface area contributed by atoms with E-state index in [-0.39, 0.29) is 10.9 Å². The smallest absolute Gasteiger partial charge is 0.265 e. The van der Waals surface area contributed by atoms with Crippen LogP contribution in [0.3, 0.4) is 0 Å². The van der Waals surface area contributed by atoms with Crippen LogP contribution in [0, 0.1) is 6.92 Å². The number of aryl methyl sites for hydroxylation is 1. The number of nitrogens with zero attached hydrogens (tertiary/aromatic N) is 1. The highest BCUT2D eigenvalue weighted by Gasteiger charge is 2.22. The third-order valence-electron chi connectivity index (χ3n) is 5.60. The molecule has 34 heavy (non-hydrogen) atoms. The molecule has 0 aliphatic heterocycles. The number of nitrogens with one attached hydrogen (secondary N) is 1. The number of fused-ring (bicyclic) bond motifs is 4. The van der Waals surface area contributed by atoms with Crippen molar-refractivity contribution in [2.45, 2.75) is 20.0 Å². The molecule has 6 nitrogen and oxygen atoms in total. The molecule has 3 aromatic carbocycles. The second-order valence-electron chi connectivity index (χ2n) is 7.91. The highest BCUT2D eigenvalue weighted by Crippen LogP contribution is 2.39. The number of ether oxygens (including phenoxy) is 2. The molecule has 5 rings (SSSR count). The highest BCUT2D eigenvalue weighted by atomic mass is 35.5. The molecule has 1 unspecified atom stereocenters. The van der Waals surface area contributed by atoms with E-state index in [0.29, 0.717) is 38.7 Å². The van der Waals surface area contributed by atoms with Gasteiger partial charge in [0.15, 0.2) is 11.9 Å². The summed E-state index contributed by atoms with van der Waals surface area (Å²) in [5.41, 5.74) is 3.13. The summed E-state index contributed by atoms with van der Waals surface area (Å²) < 4.78 is 17.5. The van der Waals surface area contributed by atoms with E-state index in [1.165, 1.54) is 0 Å². The lowest BCUT2D eigenvalue weighted by atomic mass is 10.1. The predicted octanol–water partition coefficient (Wildman–Crippen LogP) is 7.16. The van der Waals surface area contributed by atoms with Crippen LogP contribution in [0.1, 0.15) is 12.6 Å². The van der Waals surface area contributed by atoms with Gasteiger partial charge >= 0.3 is 0 Å². The average Bonchev–Trinajstić information content (AvgIpc) is 3.18. The van der Waals surface area contributed by atoms with Crippen LogP contribution in [0.5, 0.6) is 11.5 Å². The van der Waals surface area contributed by atoms with E-state index in [4.69, 9.17) is 37.1 Å². The topological polar surface area (TPSA) is 73.6 Å². The Hall–Kier alpha value is -3.48. The standard InChI is InChI=1S/C26H20Cl2N2O4/c1-13-8-9-16-18(27)11-19(28)25(24(16)29-13)33-14(2)26(31)30-20-12-22-17(10-23(20)32-3)15-6-4-5-7-21(15)34-22/h4-12,14H,1-3H3,(H,30,31). The van der Waals surface area contributed by atoms with Crippen LogP contribution in [-0.4, -0.2) is 24.1 Å². The quantitative estimate of drug-likeness (QED) is 0.280. The minimum Gasteiger partial charge on any atom is -0.495 e. The van der Waals surface area contributed by atoms with E-state index >= 15 is 0 Å². The summed E-state index contributed by atoms with van der Waals surface area (Å²) in [6.45, 7) is 3.49. The van der Waals surface area contributed by atoms with Crippen molar-refractivity contribution in [2.24, 2.45) is 0 Å². The number of furan rings is 1. The monoisotopic (exact) mass is 494 g/mol. The lowest BCUT2D eigenvalue weighted by Crippen LogP contribution is -2.30. The second-order valence-corrected chi connectivity index (χ2v) is 8.73. The van der Waals surface area contributed by atoms with Crippen LogP contribution in [-0.2, 0) is 4.79 Å². The van der Waals surface area contributed by atoms with Crippen molar-refractivity contribution in [3.05, 3.63) is 70.3 Å². The Morgan fingerprint density at radius 1 is 1.00 bits per heavy atom. The Morgan fingerprint density at radius 2 is 1.79 bits per heavy atom. The molecule has 8 heteroatoms. The Bertz CT molecular complexity index is 1580. The number of para-hydroxylation sites is 1. The number of amides is 1. The third kappa shape index (κ3) is 3.89. The van der Waals surface area contributed by atoms with Crippen LogP contribution in [0.25, 0.3) is 32.8 Å². The molecule has 0 spiro atoms. The molecule has 0 saturated carbocycles. The highest BCUT2D eigenvalue weighted by molar-refractivity contribution is 6.39. The van der Waals surface area contributed by atoms with Crippen molar-refractivity contribution in [2.75, 3.05) is 12.4 Å². The number of methoxy groups -OCH3 is 1. The molecule has 1 amide bonds. The maximum absolute atomic E-state index is 13.1. The third-order valence-corrected chi connectivity index (χ3v) is 6.19. The van der Waals surface area contributed by atoms with Gasteiger partial charge in [-0.2, -0.15) is 0 Å². The Balaban J connectivity index is 1.46. The first-order valence-electron chi connectivity index (χ1n) is 10.6. The second kappa shape index (κ2) is 8.70. The van der Waals surface area contributed by atoms with E-state index < -0.39 is 6.10 Å². The molecule has 0 saturated heterocycles. The first kappa shape index (κ1) is 22.3. The molecule has 1 atom stereocenters. The van der Waals surface area contributed by atoms with Gasteiger partial charge in [0.05, 0.1) is 22.8 Å². The molecule has 0 radical (unpaired) electrons. The summed E-state index contributed by atoms with van der Waals surface area (Å²) >= 11 is 12.7. The first-order chi connectivity index (χ1) is 16.4. The lowest BCUT2D eigenvalue weighted by molar-refractivity contribution is -0.122. The Labute approximate surface area is 205 Å². The summed E-state index contributed by atoms with van der Waals surface area (Å²) in [5, 5.41) is 6.16. The molecule has 172 valence electrons. The van der Waals surface area contributed by atoms with Crippen LogP contribution in [0.15, 0.2) is 59.0 Å². The number of hydrogen-bond donors (Lipinski definition) is 1.